The summed E-state index contributed by atoms with van der Waals surface area (Å²) in [4.78, 5) is 6.63. The van der Waals surface area contributed by atoms with Crippen molar-refractivity contribution >= 4 is 17.2 Å². The highest BCUT2D eigenvalue weighted by molar-refractivity contribution is 7.07. The van der Waals surface area contributed by atoms with Crippen LogP contribution in [-0.4, -0.2) is 34.3 Å². The molecule has 0 aliphatic carbocycles. The zero-order chi connectivity index (χ0) is 12.9. The summed E-state index contributed by atoms with van der Waals surface area (Å²) in [5.74, 6) is 0.987. The van der Waals surface area contributed by atoms with Crippen molar-refractivity contribution in [2.24, 2.45) is 0 Å². The van der Waals surface area contributed by atoms with Gasteiger partial charge in [-0.1, -0.05) is 0 Å². The molecule has 100 valence electrons. The van der Waals surface area contributed by atoms with E-state index >= 15 is 0 Å². The van der Waals surface area contributed by atoms with Crippen molar-refractivity contribution in [2.75, 3.05) is 18.0 Å². The molecule has 6 heteroatoms. The van der Waals surface area contributed by atoms with Crippen molar-refractivity contribution in [3.8, 4) is 0 Å². The first-order valence-electron chi connectivity index (χ1n) is 6.55. The van der Waals surface area contributed by atoms with Crippen molar-refractivity contribution in [3.63, 3.8) is 0 Å². The van der Waals surface area contributed by atoms with Crippen molar-refractivity contribution in [3.05, 3.63) is 34.9 Å². The Morgan fingerprint density at radius 2 is 2.47 bits per heavy atom. The SMILES string of the molecule is c1cnnc(N2CCC[C@H]2CNCc2cscn2)c1. The fourth-order valence-corrected chi connectivity index (χ4v) is 3.05. The minimum absolute atomic E-state index is 0.510. The average Bonchev–Trinajstić information content (AvgIpc) is 3.11. The summed E-state index contributed by atoms with van der Waals surface area (Å²) < 4.78 is 0. The minimum atomic E-state index is 0.510. The van der Waals surface area contributed by atoms with E-state index in [1.807, 2.05) is 17.6 Å². The van der Waals surface area contributed by atoms with Gasteiger partial charge in [-0.3, -0.25) is 0 Å². The molecule has 1 aliphatic heterocycles. The molecule has 1 saturated heterocycles. The van der Waals surface area contributed by atoms with Crippen LogP contribution in [0, 0.1) is 0 Å². The Labute approximate surface area is 116 Å². The van der Waals surface area contributed by atoms with Crippen LogP contribution in [0.15, 0.2) is 29.2 Å². The lowest BCUT2D eigenvalue weighted by Crippen LogP contribution is -2.38. The summed E-state index contributed by atoms with van der Waals surface area (Å²) in [6, 6.07) is 4.49. The third kappa shape index (κ3) is 3.08. The van der Waals surface area contributed by atoms with Gasteiger partial charge in [-0.15, -0.1) is 16.4 Å². The second kappa shape index (κ2) is 6.08. The zero-order valence-corrected chi connectivity index (χ0v) is 11.5. The van der Waals surface area contributed by atoms with E-state index in [2.05, 4.69) is 30.8 Å². The quantitative estimate of drug-likeness (QED) is 0.900. The van der Waals surface area contributed by atoms with Gasteiger partial charge in [-0.05, 0) is 25.0 Å². The Balaban J connectivity index is 1.55. The van der Waals surface area contributed by atoms with E-state index in [1.165, 1.54) is 12.8 Å². The fraction of sp³-hybridized carbons (Fsp3) is 0.462. The van der Waals surface area contributed by atoms with Gasteiger partial charge in [0.2, 0.25) is 0 Å². The summed E-state index contributed by atoms with van der Waals surface area (Å²) in [6.45, 7) is 2.88. The molecule has 3 rings (SSSR count). The molecule has 0 unspecified atom stereocenters. The maximum Gasteiger partial charge on any atom is 0.151 e. The number of hydrogen-bond acceptors (Lipinski definition) is 6. The van der Waals surface area contributed by atoms with Crippen LogP contribution in [0.2, 0.25) is 0 Å². The number of rotatable bonds is 5. The normalized spacial score (nSPS) is 18.9. The number of hydrogen-bond donors (Lipinski definition) is 1. The number of thiazole rings is 1. The lowest BCUT2D eigenvalue weighted by atomic mass is 10.2. The summed E-state index contributed by atoms with van der Waals surface area (Å²) in [6.07, 6.45) is 4.15. The highest BCUT2D eigenvalue weighted by atomic mass is 32.1. The Morgan fingerprint density at radius 3 is 3.26 bits per heavy atom. The van der Waals surface area contributed by atoms with E-state index in [0.29, 0.717) is 6.04 Å². The van der Waals surface area contributed by atoms with Crippen LogP contribution in [0.4, 0.5) is 5.82 Å². The second-order valence-electron chi connectivity index (χ2n) is 4.68. The Hall–Kier alpha value is -1.53. The van der Waals surface area contributed by atoms with E-state index in [9.17, 15) is 0 Å². The van der Waals surface area contributed by atoms with E-state index in [1.54, 1.807) is 17.5 Å². The molecule has 5 nitrogen and oxygen atoms in total. The monoisotopic (exact) mass is 275 g/mol. The van der Waals surface area contributed by atoms with Gasteiger partial charge in [0.05, 0.1) is 11.2 Å². The predicted molar refractivity (Wildman–Crippen MR) is 76.2 cm³/mol. The lowest BCUT2D eigenvalue weighted by molar-refractivity contribution is 0.566. The van der Waals surface area contributed by atoms with Crippen LogP contribution in [0.1, 0.15) is 18.5 Å². The minimum Gasteiger partial charge on any atom is -0.351 e. The number of nitrogens with zero attached hydrogens (tertiary/aromatic N) is 4. The highest BCUT2D eigenvalue weighted by Gasteiger charge is 2.25. The van der Waals surface area contributed by atoms with Crippen LogP contribution >= 0.6 is 11.3 Å². The zero-order valence-electron chi connectivity index (χ0n) is 10.7. The molecular weight excluding hydrogens is 258 g/mol. The van der Waals surface area contributed by atoms with Crippen molar-refractivity contribution in [1.29, 1.82) is 0 Å². The van der Waals surface area contributed by atoms with Crippen LogP contribution in [0.5, 0.6) is 0 Å². The molecule has 0 saturated carbocycles. The molecule has 1 fully saturated rings. The van der Waals surface area contributed by atoms with Gasteiger partial charge >= 0.3 is 0 Å². The lowest BCUT2D eigenvalue weighted by Gasteiger charge is -2.25. The predicted octanol–water partition coefficient (Wildman–Crippen LogP) is 1.69. The van der Waals surface area contributed by atoms with Gasteiger partial charge in [-0.25, -0.2) is 4.98 Å². The van der Waals surface area contributed by atoms with Crippen LogP contribution in [0.3, 0.4) is 0 Å². The third-order valence-corrected chi connectivity index (χ3v) is 4.03. The highest BCUT2D eigenvalue weighted by Crippen LogP contribution is 2.22. The van der Waals surface area contributed by atoms with Gasteiger partial charge in [0.15, 0.2) is 5.82 Å². The summed E-state index contributed by atoms with van der Waals surface area (Å²) in [5.41, 5.74) is 2.99. The molecule has 0 radical (unpaired) electrons. The molecule has 2 aromatic heterocycles. The number of aromatic nitrogens is 3. The Bertz CT molecular complexity index is 487. The van der Waals surface area contributed by atoms with E-state index < -0.39 is 0 Å². The maximum absolute atomic E-state index is 4.28. The standard InChI is InChI=1S/C13H17N5S/c1-4-13(17-16-5-1)18-6-2-3-12(18)8-14-7-11-9-19-10-15-11/h1,4-5,9-10,12,14H,2-3,6-8H2/t12-/m0/s1. The van der Waals surface area contributed by atoms with E-state index in [0.717, 1.165) is 31.1 Å². The van der Waals surface area contributed by atoms with Crippen LogP contribution in [0.25, 0.3) is 0 Å². The summed E-state index contributed by atoms with van der Waals surface area (Å²) in [7, 11) is 0. The van der Waals surface area contributed by atoms with Crippen LogP contribution < -0.4 is 10.2 Å². The Kier molecular flexibility index (Phi) is 4.00. The first-order chi connectivity index (χ1) is 9.43. The number of anilines is 1. The smallest absolute Gasteiger partial charge is 0.151 e. The average molecular weight is 275 g/mol. The van der Waals surface area contributed by atoms with Gasteiger partial charge in [0.1, 0.15) is 0 Å². The molecule has 3 heterocycles. The van der Waals surface area contributed by atoms with Crippen molar-refractivity contribution in [1.82, 2.24) is 20.5 Å². The van der Waals surface area contributed by atoms with Gasteiger partial charge in [0.25, 0.3) is 0 Å². The topological polar surface area (TPSA) is 53.9 Å². The Morgan fingerprint density at radius 1 is 1.47 bits per heavy atom. The van der Waals surface area contributed by atoms with Crippen molar-refractivity contribution < 1.29 is 0 Å². The largest absolute Gasteiger partial charge is 0.351 e. The third-order valence-electron chi connectivity index (χ3n) is 3.40. The number of nitrogens with one attached hydrogen (secondary N) is 1. The van der Waals surface area contributed by atoms with Crippen molar-refractivity contribution in [2.45, 2.75) is 25.4 Å². The van der Waals surface area contributed by atoms with Crippen LogP contribution in [-0.2, 0) is 6.54 Å². The molecular formula is C13H17N5S. The molecule has 1 atom stereocenters. The fourth-order valence-electron chi connectivity index (χ4n) is 2.49. The van der Waals surface area contributed by atoms with E-state index in [-0.39, 0.29) is 0 Å². The first kappa shape index (κ1) is 12.5. The molecule has 0 spiro atoms. The van der Waals surface area contributed by atoms with Gasteiger partial charge in [0, 0.05) is 37.3 Å². The van der Waals surface area contributed by atoms with Gasteiger partial charge < -0.3 is 10.2 Å². The molecule has 2 aromatic rings. The molecule has 0 bridgehead atoms. The molecule has 0 amide bonds. The molecule has 19 heavy (non-hydrogen) atoms. The summed E-state index contributed by atoms with van der Waals surface area (Å²) in [5, 5.41) is 13.7. The molecule has 0 aromatic carbocycles. The molecule has 1 aliphatic rings. The summed E-state index contributed by atoms with van der Waals surface area (Å²) >= 11 is 1.64. The first-order valence-corrected chi connectivity index (χ1v) is 7.50. The second-order valence-corrected chi connectivity index (χ2v) is 5.40. The molecule has 1 N–H and O–H groups in total. The maximum atomic E-state index is 4.28. The van der Waals surface area contributed by atoms with E-state index in [4.69, 9.17) is 0 Å². The van der Waals surface area contributed by atoms with Gasteiger partial charge in [-0.2, -0.15) is 5.10 Å².